The smallest absolute Gasteiger partial charge is 0.335 e. The molecule has 0 heterocycles. The number of sulfonamides is 1. The highest BCUT2D eigenvalue weighted by Crippen LogP contribution is 2.44. The highest BCUT2D eigenvalue weighted by Gasteiger charge is 2.42. The molecule has 1 aliphatic rings. The predicted molar refractivity (Wildman–Crippen MR) is 72.1 cm³/mol. The molecule has 1 fully saturated rings. The number of nitrogens with one attached hydrogen (secondary N) is 1. The molecule has 1 aliphatic carbocycles. The van der Waals surface area contributed by atoms with Crippen molar-refractivity contribution in [3.8, 4) is 0 Å². The van der Waals surface area contributed by atoms with Crippen LogP contribution in [0.2, 0.25) is 0 Å². The lowest BCUT2D eigenvalue weighted by molar-refractivity contribution is 0.0696. The summed E-state index contributed by atoms with van der Waals surface area (Å²) in [5.41, 5.74) is 0.134. The minimum atomic E-state index is -3.76. The Balaban J connectivity index is 2.21. The summed E-state index contributed by atoms with van der Waals surface area (Å²) < 4.78 is 26.7. The highest BCUT2D eigenvalue weighted by molar-refractivity contribution is 7.89. The molecule has 0 saturated heterocycles. The van der Waals surface area contributed by atoms with E-state index in [4.69, 9.17) is 10.2 Å². The molecule has 6 nitrogen and oxygen atoms in total. The van der Waals surface area contributed by atoms with Crippen LogP contribution in [0.5, 0.6) is 0 Å². The van der Waals surface area contributed by atoms with Gasteiger partial charge in [0.25, 0.3) is 0 Å². The number of aryl methyl sites for hydroxylation is 1. The van der Waals surface area contributed by atoms with Gasteiger partial charge in [-0.1, -0.05) is 6.07 Å². The molecule has 0 unspecified atom stereocenters. The third-order valence-corrected chi connectivity index (χ3v) is 5.08. The molecule has 110 valence electrons. The maximum Gasteiger partial charge on any atom is 0.335 e. The molecule has 20 heavy (non-hydrogen) atoms. The quantitative estimate of drug-likeness (QED) is 0.719. The average molecular weight is 299 g/mol. The number of carboxylic acid groups (broad SMARTS) is 1. The zero-order valence-electron chi connectivity index (χ0n) is 11.1. The van der Waals surface area contributed by atoms with Crippen molar-refractivity contribution in [1.29, 1.82) is 0 Å². The Hall–Kier alpha value is -1.44. The van der Waals surface area contributed by atoms with Crippen LogP contribution in [0.15, 0.2) is 23.1 Å². The summed E-state index contributed by atoms with van der Waals surface area (Å²) in [7, 11) is -3.76. The molecule has 3 N–H and O–H groups in total. The van der Waals surface area contributed by atoms with Gasteiger partial charge in [-0.2, -0.15) is 0 Å². The van der Waals surface area contributed by atoms with Gasteiger partial charge in [-0.25, -0.2) is 17.9 Å². The summed E-state index contributed by atoms with van der Waals surface area (Å²) in [5, 5.41) is 18.2. The number of carbonyl (C=O) groups is 1. The number of aromatic carboxylic acids is 1. The number of hydrogen-bond acceptors (Lipinski definition) is 4. The van der Waals surface area contributed by atoms with Gasteiger partial charge in [-0.3, -0.25) is 0 Å². The standard InChI is InChI=1S/C13H17NO5S/c1-9-2-3-10(6-11(9)12(16)17)20(18,19)14-7-13(8-15)4-5-13/h2-3,6,14-15H,4-5,7-8H2,1H3,(H,16,17). The first-order valence-corrected chi connectivity index (χ1v) is 7.72. The minimum absolute atomic E-state index is 0.0313. The van der Waals surface area contributed by atoms with Crippen molar-refractivity contribution < 1.29 is 23.4 Å². The Kier molecular flexibility index (Phi) is 3.86. The molecule has 0 aromatic heterocycles. The fourth-order valence-corrected chi connectivity index (χ4v) is 3.08. The van der Waals surface area contributed by atoms with Gasteiger partial charge in [0.1, 0.15) is 0 Å². The zero-order chi connectivity index (χ0) is 15.0. The molecule has 7 heteroatoms. The second kappa shape index (κ2) is 5.16. The van der Waals surface area contributed by atoms with Crippen molar-refractivity contribution in [2.75, 3.05) is 13.2 Å². The molecule has 0 radical (unpaired) electrons. The van der Waals surface area contributed by atoms with E-state index in [0.717, 1.165) is 18.9 Å². The maximum atomic E-state index is 12.1. The van der Waals surface area contributed by atoms with Crippen LogP contribution in [-0.4, -0.2) is 37.8 Å². The molecule has 2 rings (SSSR count). The fourth-order valence-electron chi connectivity index (χ4n) is 1.90. The fraction of sp³-hybridized carbons (Fsp3) is 0.462. The molecular formula is C13H17NO5S. The molecule has 1 aromatic carbocycles. The predicted octanol–water partition coefficient (Wildman–Crippen LogP) is 0.744. The van der Waals surface area contributed by atoms with E-state index in [9.17, 15) is 13.2 Å². The van der Waals surface area contributed by atoms with Crippen LogP contribution in [0.4, 0.5) is 0 Å². The largest absolute Gasteiger partial charge is 0.478 e. The van der Waals surface area contributed by atoms with Crippen molar-refractivity contribution in [3.05, 3.63) is 29.3 Å². The Labute approximate surface area is 117 Å². The highest BCUT2D eigenvalue weighted by atomic mass is 32.2. The number of rotatable bonds is 6. The van der Waals surface area contributed by atoms with E-state index in [2.05, 4.69) is 4.72 Å². The van der Waals surface area contributed by atoms with E-state index in [0.29, 0.717) is 5.56 Å². The molecule has 1 aromatic rings. The number of carboxylic acids is 1. The molecule has 0 aliphatic heterocycles. The normalized spacial score (nSPS) is 16.9. The number of aliphatic hydroxyl groups is 1. The van der Waals surface area contributed by atoms with E-state index >= 15 is 0 Å². The van der Waals surface area contributed by atoms with Crippen LogP contribution >= 0.6 is 0 Å². The van der Waals surface area contributed by atoms with Crippen LogP contribution in [0.1, 0.15) is 28.8 Å². The topological polar surface area (TPSA) is 104 Å². The Morgan fingerprint density at radius 1 is 1.40 bits per heavy atom. The van der Waals surface area contributed by atoms with Gasteiger partial charge in [0.2, 0.25) is 10.0 Å². The van der Waals surface area contributed by atoms with Gasteiger partial charge in [0.15, 0.2) is 0 Å². The van der Waals surface area contributed by atoms with Gasteiger partial charge in [0, 0.05) is 18.6 Å². The third-order valence-electron chi connectivity index (χ3n) is 3.68. The monoisotopic (exact) mass is 299 g/mol. The van der Waals surface area contributed by atoms with Crippen molar-refractivity contribution in [2.24, 2.45) is 5.41 Å². The van der Waals surface area contributed by atoms with E-state index < -0.39 is 16.0 Å². The molecule has 0 bridgehead atoms. The van der Waals surface area contributed by atoms with Crippen molar-refractivity contribution in [3.63, 3.8) is 0 Å². The van der Waals surface area contributed by atoms with Crippen LogP contribution < -0.4 is 4.72 Å². The number of aliphatic hydroxyl groups excluding tert-OH is 1. The van der Waals surface area contributed by atoms with Gasteiger partial charge in [0.05, 0.1) is 10.5 Å². The molecular weight excluding hydrogens is 282 g/mol. The Morgan fingerprint density at radius 2 is 2.05 bits per heavy atom. The number of hydrogen-bond donors (Lipinski definition) is 3. The molecule has 0 spiro atoms. The van der Waals surface area contributed by atoms with Crippen LogP contribution in [-0.2, 0) is 10.0 Å². The molecule has 0 amide bonds. The van der Waals surface area contributed by atoms with E-state index in [1.807, 2.05) is 0 Å². The summed E-state index contributed by atoms with van der Waals surface area (Å²) >= 11 is 0. The van der Waals surface area contributed by atoms with Crippen LogP contribution in [0.3, 0.4) is 0 Å². The zero-order valence-corrected chi connectivity index (χ0v) is 11.9. The van der Waals surface area contributed by atoms with Crippen LogP contribution in [0.25, 0.3) is 0 Å². The van der Waals surface area contributed by atoms with Gasteiger partial charge in [-0.15, -0.1) is 0 Å². The summed E-state index contributed by atoms with van der Waals surface area (Å²) in [4.78, 5) is 11.0. The lowest BCUT2D eigenvalue weighted by Crippen LogP contribution is -2.32. The van der Waals surface area contributed by atoms with E-state index in [1.54, 1.807) is 6.92 Å². The van der Waals surface area contributed by atoms with Crippen molar-refractivity contribution in [1.82, 2.24) is 4.72 Å². The number of benzene rings is 1. The molecule has 0 atom stereocenters. The van der Waals surface area contributed by atoms with Crippen LogP contribution in [0, 0.1) is 12.3 Å². The second-order valence-electron chi connectivity index (χ2n) is 5.26. The second-order valence-corrected chi connectivity index (χ2v) is 7.03. The van der Waals surface area contributed by atoms with Crippen molar-refractivity contribution >= 4 is 16.0 Å². The van der Waals surface area contributed by atoms with Gasteiger partial charge in [-0.05, 0) is 37.5 Å². The first-order valence-electron chi connectivity index (χ1n) is 6.24. The first kappa shape index (κ1) is 15.0. The van der Waals surface area contributed by atoms with E-state index in [-0.39, 0.29) is 29.0 Å². The summed E-state index contributed by atoms with van der Waals surface area (Å²) in [6, 6.07) is 4.00. The minimum Gasteiger partial charge on any atom is -0.478 e. The Morgan fingerprint density at radius 3 is 2.55 bits per heavy atom. The summed E-state index contributed by atoms with van der Waals surface area (Å²) in [5.74, 6) is -1.16. The third kappa shape index (κ3) is 3.00. The summed E-state index contributed by atoms with van der Waals surface area (Å²) in [6.07, 6.45) is 1.58. The van der Waals surface area contributed by atoms with Gasteiger partial charge < -0.3 is 10.2 Å². The maximum absolute atomic E-state index is 12.1. The SMILES string of the molecule is Cc1ccc(S(=O)(=O)NCC2(CO)CC2)cc1C(=O)O. The average Bonchev–Trinajstić information content (AvgIpc) is 3.17. The lowest BCUT2D eigenvalue weighted by atomic mass is 10.1. The lowest BCUT2D eigenvalue weighted by Gasteiger charge is -2.13. The molecule has 1 saturated carbocycles. The van der Waals surface area contributed by atoms with Gasteiger partial charge >= 0.3 is 5.97 Å². The van der Waals surface area contributed by atoms with Crippen molar-refractivity contribution in [2.45, 2.75) is 24.7 Å². The summed E-state index contributed by atoms with van der Waals surface area (Å²) in [6.45, 7) is 1.73. The van der Waals surface area contributed by atoms with E-state index in [1.165, 1.54) is 12.1 Å². The first-order chi connectivity index (χ1) is 9.30. The Bertz CT molecular complexity index is 634.